The first kappa shape index (κ1) is 13.4. The molecule has 2 aromatic carbocycles. The maximum atomic E-state index is 5.41. The van der Waals surface area contributed by atoms with Crippen LogP contribution in [0.4, 0.5) is 0 Å². The normalized spacial score (nSPS) is 10.8. The second kappa shape index (κ2) is 6.20. The van der Waals surface area contributed by atoms with Gasteiger partial charge in [0.05, 0.1) is 6.10 Å². The lowest BCUT2D eigenvalue weighted by Gasteiger charge is -2.17. The second-order valence-electron chi connectivity index (χ2n) is 3.62. The lowest BCUT2D eigenvalue weighted by atomic mass is 10.0. The average molecular weight is 446 g/mol. The maximum absolute atomic E-state index is 5.41. The Morgan fingerprint density at radius 1 is 0.765 bits per heavy atom. The van der Waals surface area contributed by atoms with Crippen molar-refractivity contribution in [3.63, 3.8) is 0 Å². The highest BCUT2D eigenvalue weighted by molar-refractivity contribution is 14.1. The molecule has 0 atom stereocenters. The minimum absolute atomic E-state index is 0.205. The van der Waals surface area contributed by atoms with Gasteiger partial charge in [-0.25, -0.2) is 0 Å². The standard InChI is InChI=1S/C13H9BI2O/c14-17-13(9-1-5-11(15)6-2-9)10-3-7-12(16)8-4-10/h1-8,13H. The Morgan fingerprint density at radius 2 is 1.12 bits per heavy atom. The Kier molecular flexibility index (Phi) is 4.87. The molecule has 0 spiro atoms. The number of halogens is 2. The van der Waals surface area contributed by atoms with E-state index in [0.29, 0.717) is 0 Å². The van der Waals surface area contributed by atoms with E-state index in [2.05, 4.69) is 69.4 Å². The van der Waals surface area contributed by atoms with E-state index >= 15 is 0 Å². The van der Waals surface area contributed by atoms with Gasteiger partial charge >= 0.3 is 0 Å². The van der Waals surface area contributed by atoms with E-state index in [1.807, 2.05) is 24.3 Å². The Labute approximate surface area is 130 Å². The molecule has 2 radical (unpaired) electrons. The zero-order chi connectivity index (χ0) is 12.3. The molecule has 84 valence electrons. The third-order valence-corrected chi connectivity index (χ3v) is 3.92. The van der Waals surface area contributed by atoms with Gasteiger partial charge in [0.15, 0.2) is 0 Å². The van der Waals surface area contributed by atoms with Gasteiger partial charge in [-0.3, -0.25) is 0 Å². The summed E-state index contributed by atoms with van der Waals surface area (Å²) in [6.45, 7) is 0. The molecule has 0 unspecified atom stereocenters. The van der Waals surface area contributed by atoms with E-state index in [-0.39, 0.29) is 6.10 Å². The summed E-state index contributed by atoms with van der Waals surface area (Å²) in [6.07, 6.45) is -0.205. The molecular formula is C13H9BI2O. The van der Waals surface area contributed by atoms with Crippen molar-refractivity contribution in [2.24, 2.45) is 0 Å². The summed E-state index contributed by atoms with van der Waals surface area (Å²) in [4.78, 5) is 0. The van der Waals surface area contributed by atoms with Gasteiger partial charge in [0.2, 0.25) is 0 Å². The van der Waals surface area contributed by atoms with Crippen LogP contribution in [0.1, 0.15) is 17.2 Å². The van der Waals surface area contributed by atoms with E-state index in [1.54, 1.807) is 0 Å². The third kappa shape index (κ3) is 3.45. The Hall–Kier alpha value is -0.0751. The minimum atomic E-state index is -0.205. The molecule has 0 aliphatic rings. The van der Waals surface area contributed by atoms with Gasteiger partial charge in [-0.1, -0.05) is 24.3 Å². The molecule has 0 aliphatic carbocycles. The van der Waals surface area contributed by atoms with Crippen molar-refractivity contribution >= 4 is 53.2 Å². The van der Waals surface area contributed by atoms with E-state index in [9.17, 15) is 0 Å². The van der Waals surface area contributed by atoms with Crippen LogP contribution < -0.4 is 0 Å². The number of hydrogen-bond acceptors (Lipinski definition) is 1. The summed E-state index contributed by atoms with van der Waals surface area (Å²) in [5.41, 5.74) is 2.13. The summed E-state index contributed by atoms with van der Waals surface area (Å²) < 4.78 is 7.49. The van der Waals surface area contributed by atoms with Crippen LogP contribution in [0.15, 0.2) is 48.5 Å². The highest BCUT2D eigenvalue weighted by Gasteiger charge is 2.11. The topological polar surface area (TPSA) is 9.23 Å². The van der Waals surface area contributed by atoms with E-state index < -0.39 is 0 Å². The molecule has 0 saturated carbocycles. The van der Waals surface area contributed by atoms with Crippen molar-refractivity contribution < 1.29 is 4.65 Å². The van der Waals surface area contributed by atoms with Crippen LogP contribution in [0, 0.1) is 7.14 Å². The SMILES string of the molecule is [B]OC(c1ccc(I)cc1)c1ccc(I)cc1. The van der Waals surface area contributed by atoms with Crippen molar-refractivity contribution in [1.82, 2.24) is 0 Å². The third-order valence-electron chi connectivity index (χ3n) is 2.48. The predicted octanol–water partition coefficient (Wildman–Crippen LogP) is 4.09. The molecule has 4 heteroatoms. The van der Waals surface area contributed by atoms with Gasteiger partial charge in [0.1, 0.15) is 0 Å². The second-order valence-corrected chi connectivity index (χ2v) is 6.11. The number of hydrogen-bond donors (Lipinski definition) is 0. The first-order chi connectivity index (χ1) is 8.20. The summed E-state index contributed by atoms with van der Waals surface area (Å²) >= 11 is 4.56. The molecule has 0 N–H and O–H groups in total. The zero-order valence-electron chi connectivity index (χ0n) is 8.94. The molecule has 0 heterocycles. The fourth-order valence-electron chi connectivity index (χ4n) is 1.62. The molecule has 0 aliphatic heterocycles. The van der Waals surface area contributed by atoms with Crippen LogP contribution in [-0.4, -0.2) is 8.05 Å². The highest BCUT2D eigenvalue weighted by atomic mass is 127. The monoisotopic (exact) mass is 446 g/mol. The van der Waals surface area contributed by atoms with Gasteiger partial charge in [-0.05, 0) is 80.6 Å². The summed E-state index contributed by atoms with van der Waals surface area (Å²) in [5, 5.41) is 0. The quantitative estimate of drug-likeness (QED) is 0.511. The van der Waals surface area contributed by atoms with Gasteiger partial charge in [0, 0.05) is 7.14 Å². The first-order valence-corrected chi connectivity index (χ1v) is 7.23. The Bertz CT molecular complexity index is 436. The van der Waals surface area contributed by atoms with E-state index in [0.717, 1.165) is 11.1 Å². The molecule has 0 amide bonds. The lowest BCUT2D eigenvalue weighted by molar-refractivity contribution is 0.273. The Balaban J connectivity index is 2.33. The van der Waals surface area contributed by atoms with Crippen LogP contribution in [0.2, 0.25) is 0 Å². The molecule has 2 aromatic rings. The molecule has 17 heavy (non-hydrogen) atoms. The van der Waals surface area contributed by atoms with Crippen molar-refractivity contribution in [2.45, 2.75) is 6.10 Å². The summed E-state index contributed by atoms with van der Waals surface area (Å²) in [7, 11) is 5.41. The minimum Gasteiger partial charge on any atom is -0.437 e. The van der Waals surface area contributed by atoms with Gasteiger partial charge in [-0.2, -0.15) is 0 Å². The largest absolute Gasteiger partial charge is 0.437 e. The van der Waals surface area contributed by atoms with Crippen molar-refractivity contribution in [2.75, 3.05) is 0 Å². The van der Waals surface area contributed by atoms with Crippen molar-refractivity contribution in [1.29, 1.82) is 0 Å². The van der Waals surface area contributed by atoms with Crippen molar-refractivity contribution in [3.05, 3.63) is 66.8 Å². The molecule has 0 bridgehead atoms. The average Bonchev–Trinajstić information content (AvgIpc) is 2.35. The summed E-state index contributed by atoms with van der Waals surface area (Å²) in [6, 6.07) is 16.4. The number of benzene rings is 2. The Morgan fingerprint density at radius 3 is 1.41 bits per heavy atom. The molecule has 0 fully saturated rings. The van der Waals surface area contributed by atoms with Gasteiger partial charge in [0.25, 0.3) is 8.05 Å². The molecular weight excluding hydrogens is 437 g/mol. The molecule has 0 saturated heterocycles. The fourth-order valence-corrected chi connectivity index (χ4v) is 2.34. The van der Waals surface area contributed by atoms with Crippen LogP contribution in [-0.2, 0) is 4.65 Å². The predicted molar refractivity (Wildman–Crippen MR) is 87.0 cm³/mol. The summed E-state index contributed by atoms with van der Waals surface area (Å²) in [5.74, 6) is 0. The fraction of sp³-hybridized carbons (Fsp3) is 0.0769. The lowest BCUT2D eigenvalue weighted by Crippen LogP contribution is -2.04. The van der Waals surface area contributed by atoms with Gasteiger partial charge < -0.3 is 4.65 Å². The first-order valence-electron chi connectivity index (χ1n) is 5.07. The molecule has 0 aromatic heterocycles. The van der Waals surface area contributed by atoms with Crippen molar-refractivity contribution in [3.8, 4) is 0 Å². The molecule has 2 rings (SSSR count). The van der Waals surface area contributed by atoms with Crippen LogP contribution in [0.3, 0.4) is 0 Å². The van der Waals surface area contributed by atoms with Crippen LogP contribution in [0.25, 0.3) is 0 Å². The highest BCUT2D eigenvalue weighted by Crippen LogP contribution is 2.26. The van der Waals surface area contributed by atoms with Gasteiger partial charge in [-0.15, -0.1) is 0 Å². The zero-order valence-corrected chi connectivity index (χ0v) is 13.3. The number of rotatable bonds is 3. The molecule has 1 nitrogen and oxygen atoms in total. The smallest absolute Gasteiger partial charge is 0.283 e. The van der Waals surface area contributed by atoms with E-state index in [4.69, 9.17) is 12.7 Å². The van der Waals surface area contributed by atoms with E-state index in [1.165, 1.54) is 7.14 Å². The maximum Gasteiger partial charge on any atom is 0.283 e. The van der Waals surface area contributed by atoms with Crippen LogP contribution in [0.5, 0.6) is 0 Å². The van der Waals surface area contributed by atoms with Crippen LogP contribution >= 0.6 is 45.2 Å².